The number of carbonyl (C=O) groups is 4. The maximum absolute atomic E-state index is 14.5. The van der Waals surface area contributed by atoms with Crippen molar-refractivity contribution in [2.45, 2.75) is 104 Å². The van der Waals surface area contributed by atoms with E-state index in [0.717, 1.165) is 5.56 Å². The topological polar surface area (TPSA) is 156 Å². The first-order valence-corrected chi connectivity index (χ1v) is 17.6. The number of carbonyl (C=O) groups excluding carboxylic acids is 3. The molecular formula is C40H50N4O8. The van der Waals surface area contributed by atoms with Gasteiger partial charge in [-0.15, -0.1) is 6.58 Å². The van der Waals surface area contributed by atoms with Crippen LogP contribution in [0.15, 0.2) is 67.3 Å². The first kappa shape index (κ1) is 38.1. The predicted octanol–water partition coefficient (Wildman–Crippen LogP) is 6.12. The van der Waals surface area contributed by atoms with E-state index in [1.807, 2.05) is 68.4 Å². The van der Waals surface area contributed by atoms with Crippen LogP contribution in [-0.2, 0) is 19.1 Å². The normalized spacial score (nSPS) is 22.0. The highest BCUT2D eigenvalue weighted by Crippen LogP contribution is 2.45. The molecule has 2 fully saturated rings. The van der Waals surface area contributed by atoms with Gasteiger partial charge in [-0.3, -0.25) is 9.59 Å². The van der Waals surface area contributed by atoms with Gasteiger partial charge >= 0.3 is 12.1 Å². The SMILES string of the molecule is C=C[C@H]1CC1(NC(=O)[C@@H]1C[C@@H](Oc2cc(-c3ccccc3)nc3cc(OC(C)C)ccc23)CN1C(=O)[C@@H](NC(=O)OC(C)(C)C)C(C)(C)C)C(=O)O. The van der Waals surface area contributed by atoms with Crippen molar-refractivity contribution in [3.05, 3.63) is 67.3 Å². The summed E-state index contributed by atoms with van der Waals surface area (Å²) in [7, 11) is 0. The van der Waals surface area contributed by atoms with Crippen molar-refractivity contribution in [2.75, 3.05) is 6.54 Å². The van der Waals surface area contributed by atoms with Crippen LogP contribution in [0, 0.1) is 11.3 Å². The molecule has 2 aromatic carbocycles. The molecule has 3 aromatic rings. The lowest BCUT2D eigenvalue weighted by Gasteiger charge is -2.35. The largest absolute Gasteiger partial charge is 0.491 e. The first-order valence-electron chi connectivity index (χ1n) is 17.6. The molecule has 2 aliphatic rings. The molecule has 3 N–H and O–H groups in total. The monoisotopic (exact) mass is 714 g/mol. The predicted molar refractivity (Wildman–Crippen MR) is 197 cm³/mol. The number of carboxylic acid groups (broad SMARTS) is 1. The number of hydrogen-bond donors (Lipinski definition) is 3. The minimum Gasteiger partial charge on any atom is -0.491 e. The van der Waals surface area contributed by atoms with Crippen LogP contribution in [0.3, 0.4) is 0 Å². The number of amides is 3. The number of carboxylic acids is 1. The minimum absolute atomic E-state index is 0.0104. The van der Waals surface area contributed by atoms with Crippen LogP contribution in [0.4, 0.5) is 4.79 Å². The van der Waals surface area contributed by atoms with Gasteiger partial charge in [0.2, 0.25) is 11.8 Å². The Bertz CT molecular complexity index is 1850. The Hall–Kier alpha value is -5.13. The molecule has 1 aliphatic heterocycles. The molecule has 0 radical (unpaired) electrons. The summed E-state index contributed by atoms with van der Waals surface area (Å²) < 4.78 is 18.1. The van der Waals surface area contributed by atoms with E-state index in [2.05, 4.69) is 17.2 Å². The van der Waals surface area contributed by atoms with Gasteiger partial charge in [-0.1, -0.05) is 57.2 Å². The number of hydrogen-bond acceptors (Lipinski definition) is 8. The molecule has 5 rings (SSSR count). The molecule has 12 heteroatoms. The number of benzene rings is 2. The molecule has 52 heavy (non-hydrogen) atoms. The summed E-state index contributed by atoms with van der Waals surface area (Å²) in [4.78, 5) is 60.1. The molecule has 0 bridgehead atoms. The highest BCUT2D eigenvalue weighted by Gasteiger charge is 2.61. The van der Waals surface area contributed by atoms with Gasteiger partial charge in [0.15, 0.2) is 0 Å². The van der Waals surface area contributed by atoms with Gasteiger partial charge in [0.1, 0.15) is 40.8 Å². The van der Waals surface area contributed by atoms with Crippen molar-refractivity contribution in [3.8, 4) is 22.8 Å². The number of aliphatic carboxylic acids is 1. The van der Waals surface area contributed by atoms with Crippen molar-refractivity contribution in [3.63, 3.8) is 0 Å². The molecule has 1 aliphatic carbocycles. The summed E-state index contributed by atoms with van der Waals surface area (Å²) in [5.74, 6) is -1.63. The van der Waals surface area contributed by atoms with Gasteiger partial charge in [-0.25, -0.2) is 14.6 Å². The fourth-order valence-electron chi connectivity index (χ4n) is 6.49. The highest BCUT2D eigenvalue weighted by atomic mass is 16.6. The van der Waals surface area contributed by atoms with Crippen molar-refractivity contribution in [1.29, 1.82) is 0 Å². The second-order valence-corrected chi connectivity index (χ2v) is 16.0. The van der Waals surface area contributed by atoms with E-state index in [-0.39, 0.29) is 25.5 Å². The molecule has 2 heterocycles. The molecule has 1 aromatic heterocycles. The zero-order valence-electron chi connectivity index (χ0n) is 31.2. The van der Waals surface area contributed by atoms with Gasteiger partial charge < -0.3 is 34.9 Å². The Morgan fingerprint density at radius 3 is 2.31 bits per heavy atom. The number of likely N-dealkylation sites (tertiary alicyclic amines) is 1. The van der Waals surface area contributed by atoms with Crippen LogP contribution >= 0.6 is 0 Å². The fourth-order valence-corrected chi connectivity index (χ4v) is 6.49. The smallest absolute Gasteiger partial charge is 0.408 e. The van der Waals surface area contributed by atoms with Crippen LogP contribution in [0.25, 0.3) is 22.2 Å². The quantitative estimate of drug-likeness (QED) is 0.199. The second kappa shape index (κ2) is 14.5. The molecule has 1 saturated carbocycles. The summed E-state index contributed by atoms with van der Waals surface area (Å²) in [5.41, 5.74) is -0.945. The average Bonchev–Trinajstić information content (AvgIpc) is 3.61. The molecule has 0 spiro atoms. The van der Waals surface area contributed by atoms with Crippen molar-refractivity contribution in [1.82, 2.24) is 20.5 Å². The third kappa shape index (κ3) is 8.49. The molecule has 1 unspecified atom stereocenters. The average molecular weight is 715 g/mol. The van der Waals surface area contributed by atoms with Gasteiger partial charge in [0.05, 0.1) is 23.9 Å². The summed E-state index contributed by atoms with van der Waals surface area (Å²) >= 11 is 0. The van der Waals surface area contributed by atoms with E-state index >= 15 is 0 Å². The third-order valence-corrected chi connectivity index (χ3v) is 9.13. The Kier molecular flexibility index (Phi) is 10.6. The highest BCUT2D eigenvalue weighted by molar-refractivity contribution is 5.96. The van der Waals surface area contributed by atoms with Crippen molar-refractivity contribution in [2.24, 2.45) is 11.3 Å². The lowest BCUT2D eigenvalue weighted by atomic mass is 9.85. The summed E-state index contributed by atoms with van der Waals surface area (Å²) in [6.07, 6.45) is 0.260. The zero-order valence-corrected chi connectivity index (χ0v) is 31.2. The Balaban J connectivity index is 1.52. The number of ether oxygens (including phenoxy) is 3. The van der Waals surface area contributed by atoms with E-state index in [4.69, 9.17) is 19.2 Å². The van der Waals surface area contributed by atoms with Gasteiger partial charge in [0, 0.05) is 35.4 Å². The second-order valence-electron chi connectivity index (χ2n) is 16.0. The van der Waals surface area contributed by atoms with Crippen LogP contribution in [-0.4, -0.2) is 80.8 Å². The maximum Gasteiger partial charge on any atom is 0.408 e. The van der Waals surface area contributed by atoms with Gasteiger partial charge in [0.25, 0.3) is 0 Å². The number of nitrogens with one attached hydrogen (secondary N) is 2. The Labute approximate surface area is 304 Å². The molecule has 5 atom stereocenters. The Morgan fingerprint density at radius 2 is 1.73 bits per heavy atom. The number of nitrogens with zero attached hydrogens (tertiary/aromatic N) is 2. The van der Waals surface area contributed by atoms with E-state index < -0.39 is 64.5 Å². The van der Waals surface area contributed by atoms with E-state index in [0.29, 0.717) is 28.1 Å². The molecule has 12 nitrogen and oxygen atoms in total. The first-order chi connectivity index (χ1) is 24.3. The van der Waals surface area contributed by atoms with Crippen LogP contribution in [0.1, 0.15) is 68.2 Å². The van der Waals surface area contributed by atoms with Crippen molar-refractivity contribution < 1.29 is 38.5 Å². The lowest BCUT2D eigenvalue weighted by molar-refractivity contribution is -0.146. The number of rotatable bonds is 11. The van der Waals surface area contributed by atoms with Gasteiger partial charge in [-0.2, -0.15) is 0 Å². The van der Waals surface area contributed by atoms with E-state index in [9.17, 15) is 24.3 Å². The number of pyridine rings is 1. The maximum atomic E-state index is 14.5. The van der Waals surface area contributed by atoms with E-state index in [1.54, 1.807) is 41.5 Å². The molecular weight excluding hydrogens is 664 g/mol. The minimum atomic E-state index is -1.51. The third-order valence-electron chi connectivity index (χ3n) is 9.13. The van der Waals surface area contributed by atoms with Crippen LogP contribution in [0.5, 0.6) is 11.5 Å². The Morgan fingerprint density at radius 1 is 1.04 bits per heavy atom. The van der Waals surface area contributed by atoms with Gasteiger partial charge in [-0.05, 0) is 58.6 Å². The van der Waals surface area contributed by atoms with Crippen molar-refractivity contribution >= 4 is 34.8 Å². The lowest BCUT2D eigenvalue weighted by Crippen LogP contribution is -2.59. The van der Waals surface area contributed by atoms with Crippen LogP contribution in [0.2, 0.25) is 0 Å². The summed E-state index contributed by atoms with van der Waals surface area (Å²) in [6.45, 7) is 18.2. The standard InChI is InChI=1S/C40H50N4O8/c1-10-25-21-40(25,36(47)48)43-34(45)31-19-27(22-44(31)35(46)33(38(4,5)6)42-37(49)52-39(7,8)9)51-32-20-29(24-14-12-11-13-15-24)41-30-18-26(50-23(2)3)16-17-28(30)32/h10-18,20,23,25,27,31,33H,1,19,21-22H2,2-9H3,(H,42,49)(H,43,45)(H,47,48)/t25-,27+,31-,33+,40?/m0/s1. The molecule has 278 valence electrons. The summed E-state index contributed by atoms with van der Waals surface area (Å²) in [5, 5.41) is 16.2. The van der Waals surface area contributed by atoms with E-state index in [1.165, 1.54) is 11.0 Å². The van der Waals surface area contributed by atoms with Crippen LogP contribution < -0.4 is 20.1 Å². The molecule has 3 amide bonds. The molecule has 1 saturated heterocycles. The fraction of sp³-hybridized carbons (Fsp3) is 0.475. The number of fused-ring (bicyclic) bond motifs is 1. The number of aromatic nitrogens is 1. The number of alkyl carbamates (subject to hydrolysis) is 1. The zero-order chi connectivity index (χ0) is 38.2. The summed E-state index contributed by atoms with van der Waals surface area (Å²) in [6, 6.07) is 14.8.